The van der Waals surface area contributed by atoms with Crippen LogP contribution in [0, 0.1) is 5.92 Å². The molecule has 0 spiro atoms. The van der Waals surface area contributed by atoms with Crippen LogP contribution in [0.1, 0.15) is 13.3 Å². The van der Waals surface area contributed by atoms with Gasteiger partial charge in [0.1, 0.15) is 11.0 Å². The third kappa shape index (κ3) is 2.06. The van der Waals surface area contributed by atoms with E-state index in [1.165, 1.54) is 0 Å². The van der Waals surface area contributed by atoms with Gasteiger partial charge in [-0.05, 0) is 13.3 Å². The maximum absolute atomic E-state index is 9.16. The van der Waals surface area contributed by atoms with Gasteiger partial charge in [0, 0.05) is 25.1 Å². The molecule has 2 unspecified atom stereocenters. The maximum atomic E-state index is 9.16. The number of nitrogens with zero attached hydrogens (tertiary/aromatic N) is 3. The molecule has 0 aliphatic carbocycles. The Morgan fingerprint density at radius 3 is 2.87 bits per heavy atom. The Morgan fingerprint density at radius 2 is 2.33 bits per heavy atom. The number of rotatable bonds is 2. The predicted octanol–water partition coefficient (Wildman–Crippen LogP) is 1.34. The van der Waals surface area contributed by atoms with Crippen molar-refractivity contribution in [1.29, 1.82) is 0 Å². The minimum absolute atomic E-state index is 0.235. The van der Waals surface area contributed by atoms with Crippen LogP contribution in [0.2, 0.25) is 5.15 Å². The van der Waals surface area contributed by atoms with E-state index >= 15 is 0 Å². The van der Waals surface area contributed by atoms with E-state index in [0.717, 1.165) is 18.8 Å². The Balaban J connectivity index is 2.15. The molecule has 4 nitrogen and oxygen atoms in total. The van der Waals surface area contributed by atoms with Crippen LogP contribution in [-0.4, -0.2) is 34.3 Å². The molecule has 15 heavy (non-hydrogen) atoms. The minimum atomic E-state index is 0.235. The molecule has 1 aromatic rings. The first-order chi connectivity index (χ1) is 7.22. The lowest BCUT2D eigenvalue weighted by Gasteiger charge is -2.24. The molecule has 2 atom stereocenters. The molecule has 0 saturated carbocycles. The number of hydrogen-bond donors (Lipinski definition) is 1. The summed E-state index contributed by atoms with van der Waals surface area (Å²) < 4.78 is 0. The zero-order chi connectivity index (χ0) is 10.8. The lowest BCUT2D eigenvalue weighted by molar-refractivity contribution is 0.221. The van der Waals surface area contributed by atoms with Gasteiger partial charge in [-0.3, -0.25) is 0 Å². The molecule has 82 valence electrons. The highest BCUT2D eigenvalue weighted by atomic mass is 35.5. The largest absolute Gasteiger partial charge is 0.396 e. The van der Waals surface area contributed by atoms with E-state index in [4.69, 9.17) is 16.7 Å². The molecule has 1 aliphatic heterocycles. The van der Waals surface area contributed by atoms with Gasteiger partial charge in [-0.1, -0.05) is 11.6 Å². The summed E-state index contributed by atoms with van der Waals surface area (Å²) in [6.07, 6.45) is 4.23. The molecule has 1 aromatic heterocycles. The van der Waals surface area contributed by atoms with Gasteiger partial charge >= 0.3 is 0 Å². The van der Waals surface area contributed by atoms with E-state index in [0.29, 0.717) is 17.1 Å². The second-order valence-corrected chi connectivity index (χ2v) is 4.25. The highest BCUT2D eigenvalue weighted by Crippen LogP contribution is 2.27. The summed E-state index contributed by atoms with van der Waals surface area (Å²) in [5, 5.41) is 9.57. The lowest BCUT2D eigenvalue weighted by Crippen LogP contribution is -2.31. The molecule has 1 aliphatic rings. The second-order valence-electron chi connectivity index (χ2n) is 3.86. The Bertz CT molecular complexity index is 330. The van der Waals surface area contributed by atoms with Crippen molar-refractivity contribution in [2.24, 2.45) is 5.92 Å². The summed E-state index contributed by atoms with van der Waals surface area (Å²) in [4.78, 5) is 10.4. The van der Waals surface area contributed by atoms with Gasteiger partial charge in [-0.25, -0.2) is 9.97 Å². The van der Waals surface area contributed by atoms with Gasteiger partial charge in [0.2, 0.25) is 0 Å². The van der Waals surface area contributed by atoms with Crippen LogP contribution in [0.5, 0.6) is 0 Å². The van der Waals surface area contributed by atoms with E-state index in [-0.39, 0.29) is 6.61 Å². The molecule has 0 radical (unpaired) electrons. The summed E-state index contributed by atoms with van der Waals surface area (Å²) in [7, 11) is 0. The third-order valence-corrected chi connectivity index (χ3v) is 3.25. The molecule has 2 rings (SSSR count). The van der Waals surface area contributed by atoms with Gasteiger partial charge in [0.15, 0.2) is 0 Å². The number of aliphatic hydroxyl groups excluding tert-OH is 1. The monoisotopic (exact) mass is 227 g/mol. The number of aromatic nitrogens is 2. The minimum Gasteiger partial charge on any atom is -0.396 e. The standard InChI is InChI=1S/C10H14ClN3O/c1-7-8(6-15)2-3-14(7)10-5-12-9(11)4-13-10/h4-5,7-8,15H,2-3,6H2,1H3. The summed E-state index contributed by atoms with van der Waals surface area (Å²) in [6.45, 7) is 3.26. The molecule has 0 bridgehead atoms. The summed E-state index contributed by atoms with van der Waals surface area (Å²) in [5.74, 6) is 1.17. The Kier molecular flexibility index (Phi) is 3.07. The highest BCUT2D eigenvalue weighted by Gasteiger charge is 2.30. The summed E-state index contributed by atoms with van der Waals surface area (Å²) in [5.41, 5.74) is 0. The van der Waals surface area contributed by atoms with Crippen LogP contribution in [0.3, 0.4) is 0 Å². The quantitative estimate of drug-likeness (QED) is 0.829. The third-order valence-electron chi connectivity index (χ3n) is 3.05. The van der Waals surface area contributed by atoms with Gasteiger partial charge in [-0.2, -0.15) is 0 Å². The number of halogens is 1. The SMILES string of the molecule is CC1C(CO)CCN1c1cnc(Cl)cn1. The van der Waals surface area contributed by atoms with Crippen LogP contribution >= 0.6 is 11.6 Å². The van der Waals surface area contributed by atoms with E-state index in [1.54, 1.807) is 12.4 Å². The first-order valence-corrected chi connectivity index (χ1v) is 5.45. The van der Waals surface area contributed by atoms with Gasteiger partial charge in [-0.15, -0.1) is 0 Å². The molecule has 0 amide bonds. The van der Waals surface area contributed by atoms with Gasteiger partial charge in [0.25, 0.3) is 0 Å². The van der Waals surface area contributed by atoms with Crippen molar-refractivity contribution in [3.05, 3.63) is 17.5 Å². The normalized spacial score (nSPS) is 25.9. The summed E-state index contributed by atoms with van der Waals surface area (Å²) in [6, 6.07) is 0.311. The molecule has 1 N–H and O–H groups in total. The van der Waals surface area contributed by atoms with Crippen molar-refractivity contribution in [2.45, 2.75) is 19.4 Å². The molecular weight excluding hydrogens is 214 g/mol. The molecule has 2 heterocycles. The van der Waals surface area contributed by atoms with Gasteiger partial charge in [0.05, 0.1) is 12.4 Å². The first kappa shape index (κ1) is 10.6. The van der Waals surface area contributed by atoms with E-state index < -0.39 is 0 Å². The smallest absolute Gasteiger partial charge is 0.147 e. The van der Waals surface area contributed by atoms with Crippen molar-refractivity contribution in [1.82, 2.24) is 9.97 Å². The van der Waals surface area contributed by atoms with E-state index in [9.17, 15) is 0 Å². The highest BCUT2D eigenvalue weighted by molar-refractivity contribution is 6.29. The van der Waals surface area contributed by atoms with E-state index in [1.807, 2.05) is 0 Å². The van der Waals surface area contributed by atoms with Crippen LogP contribution in [-0.2, 0) is 0 Å². The van der Waals surface area contributed by atoms with Gasteiger partial charge < -0.3 is 10.0 Å². The zero-order valence-corrected chi connectivity index (χ0v) is 9.35. The molecular formula is C10H14ClN3O. The maximum Gasteiger partial charge on any atom is 0.147 e. The zero-order valence-electron chi connectivity index (χ0n) is 8.60. The first-order valence-electron chi connectivity index (χ1n) is 5.07. The van der Waals surface area contributed by atoms with Crippen molar-refractivity contribution in [3.63, 3.8) is 0 Å². The van der Waals surface area contributed by atoms with Crippen molar-refractivity contribution < 1.29 is 5.11 Å². The molecule has 1 saturated heterocycles. The topological polar surface area (TPSA) is 49.2 Å². The van der Waals surface area contributed by atoms with Crippen LogP contribution < -0.4 is 4.90 Å². The molecule has 1 fully saturated rings. The Morgan fingerprint density at radius 1 is 1.53 bits per heavy atom. The van der Waals surface area contributed by atoms with Crippen molar-refractivity contribution in [3.8, 4) is 0 Å². The van der Waals surface area contributed by atoms with E-state index in [2.05, 4.69) is 21.8 Å². The fourth-order valence-electron chi connectivity index (χ4n) is 2.03. The lowest BCUT2D eigenvalue weighted by atomic mass is 10.0. The number of hydrogen-bond acceptors (Lipinski definition) is 4. The van der Waals surface area contributed by atoms with Crippen molar-refractivity contribution in [2.75, 3.05) is 18.1 Å². The van der Waals surface area contributed by atoms with Crippen LogP contribution in [0.25, 0.3) is 0 Å². The number of aliphatic hydroxyl groups is 1. The fourth-order valence-corrected chi connectivity index (χ4v) is 2.12. The second kappa shape index (κ2) is 4.33. The van der Waals surface area contributed by atoms with Crippen molar-refractivity contribution >= 4 is 17.4 Å². The predicted molar refractivity (Wildman–Crippen MR) is 59.0 cm³/mol. The Labute approximate surface area is 93.9 Å². The Hall–Kier alpha value is -0.870. The number of anilines is 1. The summed E-state index contributed by atoms with van der Waals surface area (Å²) >= 11 is 5.68. The average Bonchev–Trinajstić information content (AvgIpc) is 2.61. The average molecular weight is 228 g/mol. The van der Waals surface area contributed by atoms with Crippen LogP contribution in [0.4, 0.5) is 5.82 Å². The fraction of sp³-hybridized carbons (Fsp3) is 0.600. The van der Waals surface area contributed by atoms with Crippen LogP contribution in [0.15, 0.2) is 12.4 Å². The molecule has 5 heteroatoms. The molecule has 0 aromatic carbocycles.